The molecule has 1 aromatic heterocycles. The first kappa shape index (κ1) is 16.2. The summed E-state index contributed by atoms with van der Waals surface area (Å²) in [5, 5.41) is 7.82. The molecule has 1 heterocycles. The molecule has 0 aliphatic heterocycles. The van der Waals surface area contributed by atoms with E-state index in [4.69, 9.17) is 0 Å². The van der Waals surface area contributed by atoms with Gasteiger partial charge in [-0.05, 0) is 18.6 Å². The van der Waals surface area contributed by atoms with Crippen LogP contribution in [-0.2, 0) is 13.0 Å². The van der Waals surface area contributed by atoms with Crippen LogP contribution in [-0.4, -0.2) is 27.4 Å². The molecule has 0 aliphatic rings. The lowest BCUT2D eigenvalue weighted by Crippen LogP contribution is -2.29. The van der Waals surface area contributed by atoms with Crippen molar-refractivity contribution in [3.05, 3.63) is 46.5 Å². The van der Waals surface area contributed by atoms with Crippen molar-refractivity contribution in [3.63, 3.8) is 0 Å². The predicted molar refractivity (Wildman–Crippen MR) is 89.4 cm³/mol. The van der Waals surface area contributed by atoms with E-state index in [0.29, 0.717) is 12.0 Å². The van der Waals surface area contributed by atoms with E-state index >= 15 is 0 Å². The zero-order valence-corrected chi connectivity index (χ0v) is 14.5. The van der Waals surface area contributed by atoms with E-state index in [2.05, 4.69) is 76.4 Å². The maximum Gasteiger partial charge on any atom is 0.138 e. The van der Waals surface area contributed by atoms with Gasteiger partial charge in [0.05, 0.1) is 0 Å². The molecule has 21 heavy (non-hydrogen) atoms. The fourth-order valence-corrected chi connectivity index (χ4v) is 3.02. The van der Waals surface area contributed by atoms with Gasteiger partial charge < -0.3 is 5.32 Å². The molecule has 4 nitrogen and oxygen atoms in total. The molecule has 1 atom stereocenters. The Bertz CT molecular complexity index is 565. The second-order valence-corrected chi connectivity index (χ2v) is 6.33. The van der Waals surface area contributed by atoms with E-state index in [1.807, 2.05) is 4.68 Å². The van der Waals surface area contributed by atoms with Crippen LogP contribution in [0.15, 0.2) is 35.1 Å². The summed E-state index contributed by atoms with van der Waals surface area (Å²) in [7, 11) is 0. The molecular formula is C16H23BrN4. The Morgan fingerprint density at radius 1 is 1.29 bits per heavy atom. The summed E-state index contributed by atoms with van der Waals surface area (Å²) in [5.41, 5.74) is 1.32. The van der Waals surface area contributed by atoms with Gasteiger partial charge in [0, 0.05) is 35.9 Å². The standard InChI is InChI=1S/C16H23BrN4/c1-4-21-16(19-11-20-21)9-13(10-18-12(2)3)14-7-5-6-8-15(14)17/h5-8,11-13,18H,4,9-10H2,1-3H3. The van der Waals surface area contributed by atoms with Crippen molar-refractivity contribution < 1.29 is 0 Å². The third-order valence-corrected chi connectivity index (χ3v) is 4.26. The van der Waals surface area contributed by atoms with Crippen LogP contribution in [0.5, 0.6) is 0 Å². The van der Waals surface area contributed by atoms with E-state index in [9.17, 15) is 0 Å². The molecule has 0 bridgehead atoms. The zero-order chi connectivity index (χ0) is 15.2. The molecule has 1 N–H and O–H groups in total. The maximum absolute atomic E-state index is 4.42. The highest BCUT2D eigenvalue weighted by molar-refractivity contribution is 9.10. The third-order valence-electron chi connectivity index (χ3n) is 3.54. The number of hydrogen-bond donors (Lipinski definition) is 1. The summed E-state index contributed by atoms with van der Waals surface area (Å²) in [6, 6.07) is 8.90. The van der Waals surface area contributed by atoms with Crippen molar-refractivity contribution in [1.82, 2.24) is 20.1 Å². The summed E-state index contributed by atoms with van der Waals surface area (Å²) in [6.07, 6.45) is 2.53. The van der Waals surface area contributed by atoms with Gasteiger partial charge in [0.25, 0.3) is 0 Å². The molecule has 0 saturated heterocycles. The number of halogens is 1. The van der Waals surface area contributed by atoms with Gasteiger partial charge in [-0.3, -0.25) is 4.68 Å². The van der Waals surface area contributed by atoms with E-state index in [0.717, 1.165) is 29.8 Å². The van der Waals surface area contributed by atoms with Gasteiger partial charge in [0.1, 0.15) is 12.2 Å². The molecule has 2 aromatic rings. The second-order valence-electron chi connectivity index (χ2n) is 5.48. The number of benzene rings is 1. The van der Waals surface area contributed by atoms with Crippen LogP contribution >= 0.6 is 15.9 Å². The van der Waals surface area contributed by atoms with Gasteiger partial charge in [-0.25, -0.2) is 4.98 Å². The third kappa shape index (κ3) is 4.38. The van der Waals surface area contributed by atoms with Crippen molar-refractivity contribution >= 4 is 15.9 Å². The lowest BCUT2D eigenvalue weighted by atomic mass is 9.95. The number of nitrogens with one attached hydrogen (secondary N) is 1. The molecule has 0 radical (unpaired) electrons. The largest absolute Gasteiger partial charge is 0.314 e. The Balaban J connectivity index is 2.22. The van der Waals surface area contributed by atoms with Crippen LogP contribution in [0.3, 0.4) is 0 Å². The molecule has 0 aliphatic carbocycles. The first-order valence-corrected chi connectivity index (χ1v) is 8.25. The summed E-state index contributed by atoms with van der Waals surface area (Å²) in [5.74, 6) is 1.42. The highest BCUT2D eigenvalue weighted by Crippen LogP contribution is 2.27. The predicted octanol–water partition coefficient (Wildman–Crippen LogP) is 3.38. The number of nitrogens with zero attached hydrogens (tertiary/aromatic N) is 3. The van der Waals surface area contributed by atoms with Gasteiger partial charge >= 0.3 is 0 Å². The smallest absolute Gasteiger partial charge is 0.138 e. The first-order chi connectivity index (χ1) is 10.1. The average Bonchev–Trinajstić information content (AvgIpc) is 2.91. The highest BCUT2D eigenvalue weighted by Gasteiger charge is 2.18. The number of hydrogen-bond acceptors (Lipinski definition) is 3. The van der Waals surface area contributed by atoms with E-state index in [1.165, 1.54) is 5.56 Å². The van der Waals surface area contributed by atoms with E-state index in [-0.39, 0.29) is 0 Å². The maximum atomic E-state index is 4.42. The quantitative estimate of drug-likeness (QED) is 0.832. The van der Waals surface area contributed by atoms with Crippen LogP contribution in [0.2, 0.25) is 0 Å². The van der Waals surface area contributed by atoms with Crippen LogP contribution in [0.4, 0.5) is 0 Å². The van der Waals surface area contributed by atoms with E-state index < -0.39 is 0 Å². The lowest BCUT2D eigenvalue weighted by Gasteiger charge is -2.21. The van der Waals surface area contributed by atoms with Crippen LogP contribution < -0.4 is 5.32 Å². The lowest BCUT2D eigenvalue weighted by molar-refractivity contribution is 0.504. The number of aryl methyl sites for hydroxylation is 1. The van der Waals surface area contributed by atoms with Gasteiger partial charge in [0.15, 0.2) is 0 Å². The minimum Gasteiger partial charge on any atom is -0.314 e. The Labute approximate surface area is 135 Å². The van der Waals surface area contributed by atoms with Crippen molar-refractivity contribution in [2.45, 2.75) is 45.7 Å². The van der Waals surface area contributed by atoms with Crippen LogP contribution in [0.1, 0.15) is 38.1 Å². The highest BCUT2D eigenvalue weighted by atomic mass is 79.9. The summed E-state index contributed by atoms with van der Waals surface area (Å²) >= 11 is 3.67. The minimum absolute atomic E-state index is 0.373. The molecule has 114 valence electrons. The molecule has 5 heteroatoms. The molecule has 1 unspecified atom stereocenters. The molecular weight excluding hydrogens is 328 g/mol. The molecule has 0 saturated carbocycles. The van der Waals surface area contributed by atoms with Crippen molar-refractivity contribution in [2.75, 3.05) is 6.54 Å². The summed E-state index contributed by atoms with van der Waals surface area (Å²) in [4.78, 5) is 4.42. The van der Waals surface area contributed by atoms with Crippen molar-refractivity contribution in [3.8, 4) is 0 Å². The molecule has 0 spiro atoms. The molecule has 0 fully saturated rings. The number of aromatic nitrogens is 3. The second kappa shape index (κ2) is 7.71. The van der Waals surface area contributed by atoms with Crippen LogP contribution in [0, 0.1) is 0 Å². The Kier molecular flexibility index (Phi) is 5.94. The normalized spacial score (nSPS) is 12.8. The molecule has 0 amide bonds. The molecule has 2 rings (SSSR count). The van der Waals surface area contributed by atoms with Gasteiger partial charge in [-0.2, -0.15) is 5.10 Å². The van der Waals surface area contributed by atoms with E-state index in [1.54, 1.807) is 6.33 Å². The van der Waals surface area contributed by atoms with Crippen molar-refractivity contribution in [1.29, 1.82) is 0 Å². The Morgan fingerprint density at radius 2 is 2.05 bits per heavy atom. The fraction of sp³-hybridized carbons (Fsp3) is 0.500. The monoisotopic (exact) mass is 350 g/mol. The summed E-state index contributed by atoms with van der Waals surface area (Å²) < 4.78 is 3.13. The van der Waals surface area contributed by atoms with Crippen molar-refractivity contribution in [2.24, 2.45) is 0 Å². The number of rotatable bonds is 7. The van der Waals surface area contributed by atoms with Crippen LogP contribution in [0.25, 0.3) is 0 Å². The topological polar surface area (TPSA) is 42.7 Å². The average molecular weight is 351 g/mol. The SMILES string of the molecule is CCn1ncnc1CC(CNC(C)C)c1ccccc1Br. The Hall–Kier alpha value is -1.20. The van der Waals surface area contributed by atoms with Gasteiger partial charge in [-0.15, -0.1) is 0 Å². The summed E-state index contributed by atoms with van der Waals surface area (Å²) in [6.45, 7) is 8.22. The first-order valence-electron chi connectivity index (χ1n) is 7.46. The van der Waals surface area contributed by atoms with Gasteiger partial charge in [0.2, 0.25) is 0 Å². The minimum atomic E-state index is 0.373. The zero-order valence-electron chi connectivity index (χ0n) is 12.9. The fourth-order valence-electron chi connectivity index (χ4n) is 2.41. The van der Waals surface area contributed by atoms with Gasteiger partial charge in [-0.1, -0.05) is 48.0 Å². The molecule has 1 aromatic carbocycles. The Morgan fingerprint density at radius 3 is 2.71 bits per heavy atom.